The van der Waals surface area contributed by atoms with Crippen LogP contribution >= 0.6 is 11.6 Å². The molecule has 1 saturated carbocycles. The van der Waals surface area contributed by atoms with Crippen LogP contribution in [0.15, 0.2) is 6.20 Å². The van der Waals surface area contributed by atoms with Gasteiger partial charge in [0.2, 0.25) is 5.28 Å². The highest BCUT2D eigenvalue weighted by atomic mass is 35.5. The standard InChI is InChI=1S/C9H9ClN2O/c10-8-11-4-6-5-13-9(2-1-3-9)7(6)12-8/h4H,1-3,5H2. The summed E-state index contributed by atoms with van der Waals surface area (Å²) in [6, 6.07) is 0. The van der Waals surface area contributed by atoms with E-state index in [0.29, 0.717) is 11.9 Å². The lowest BCUT2D eigenvalue weighted by molar-refractivity contribution is -0.0965. The van der Waals surface area contributed by atoms with Crippen molar-refractivity contribution in [2.45, 2.75) is 31.5 Å². The molecular formula is C9H9ClN2O. The van der Waals surface area contributed by atoms with Crippen molar-refractivity contribution in [3.63, 3.8) is 0 Å². The van der Waals surface area contributed by atoms with Crippen LogP contribution in [0, 0.1) is 0 Å². The molecule has 0 atom stereocenters. The van der Waals surface area contributed by atoms with Gasteiger partial charge in [0, 0.05) is 11.8 Å². The van der Waals surface area contributed by atoms with Gasteiger partial charge < -0.3 is 4.74 Å². The Bertz CT molecular complexity index is 363. The summed E-state index contributed by atoms with van der Waals surface area (Å²) in [4.78, 5) is 8.21. The van der Waals surface area contributed by atoms with Gasteiger partial charge in [-0.3, -0.25) is 0 Å². The molecular weight excluding hydrogens is 188 g/mol. The van der Waals surface area contributed by atoms with E-state index in [1.54, 1.807) is 6.20 Å². The third-order valence-corrected chi connectivity index (χ3v) is 3.11. The quantitative estimate of drug-likeness (QED) is 0.596. The summed E-state index contributed by atoms with van der Waals surface area (Å²) in [5.74, 6) is 0. The van der Waals surface area contributed by atoms with Crippen LogP contribution < -0.4 is 0 Å². The molecule has 1 aliphatic carbocycles. The maximum atomic E-state index is 5.75. The van der Waals surface area contributed by atoms with Crippen molar-refractivity contribution in [2.75, 3.05) is 0 Å². The van der Waals surface area contributed by atoms with Crippen LogP contribution in [0.1, 0.15) is 30.5 Å². The predicted molar refractivity (Wildman–Crippen MR) is 47.4 cm³/mol. The number of ether oxygens (including phenoxy) is 1. The first-order valence-corrected chi connectivity index (χ1v) is 4.84. The van der Waals surface area contributed by atoms with E-state index in [-0.39, 0.29) is 5.60 Å². The molecule has 0 radical (unpaired) electrons. The monoisotopic (exact) mass is 196 g/mol. The maximum Gasteiger partial charge on any atom is 0.222 e. The number of fused-ring (bicyclic) bond motifs is 2. The van der Waals surface area contributed by atoms with Gasteiger partial charge in [0.05, 0.1) is 12.3 Å². The van der Waals surface area contributed by atoms with Crippen LogP contribution in [0.25, 0.3) is 0 Å². The lowest BCUT2D eigenvalue weighted by Crippen LogP contribution is -2.34. The summed E-state index contributed by atoms with van der Waals surface area (Å²) < 4.78 is 5.74. The minimum atomic E-state index is -0.0953. The molecule has 68 valence electrons. The lowest BCUT2D eigenvalue weighted by atomic mass is 9.77. The smallest absolute Gasteiger partial charge is 0.222 e. The van der Waals surface area contributed by atoms with E-state index in [2.05, 4.69) is 9.97 Å². The Balaban J connectivity index is 2.14. The lowest BCUT2D eigenvalue weighted by Gasteiger charge is -2.36. The fourth-order valence-electron chi connectivity index (χ4n) is 2.05. The minimum Gasteiger partial charge on any atom is -0.364 e. The zero-order valence-corrected chi connectivity index (χ0v) is 7.84. The second-order valence-electron chi connectivity index (χ2n) is 3.65. The molecule has 3 nitrogen and oxygen atoms in total. The van der Waals surface area contributed by atoms with Gasteiger partial charge in [-0.25, -0.2) is 9.97 Å². The van der Waals surface area contributed by atoms with Gasteiger partial charge in [-0.1, -0.05) is 0 Å². The van der Waals surface area contributed by atoms with Crippen molar-refractivity contribution < 1.29 is 4.74 Å². The molecule has 1 fully saturated rings. The zero-order chi connectivity index (χ0) is 8.89. The molecule has 0 N–H and O–H groups in total. The molecule has 0 saturated heterocycles. The Hall–Kier alpha value is -0.670. The molecule has 2 heterocycles. The van der Waals surface area contributed by atoms with Crippen LogP contribution in [-0.2, 0) is 16.9 Å². The van der Waals surface area contributed by atoms with Gasteiger partial charge in [-0.2, -0.15) is 0 Å². The van der Waals surface area contributed by atoms with Gasteiger partial charge in [0.15, 0.2) is 0 Å². The normalized spacial score (nSPS) is 22.8. The highest BCUT2D eigenvalue weighted by Crippen LogP contribution is 2.49. The Morgan fingerprint density at radius 2 is 2.31 bits per heavy atom. The molecule has 1 spiro atoms. The molecule has 0 unspecified atom stereocenters. The fourth-order valence-corrected chi connectivity index (χ4v) is 2.18. The van der Waals surface area contributed by atoms with Crippen molar-refractivity contribution >= 4 is 11.6 Å². The first-order chi connectivity index (χ1) is 6.30. The van der Waals surface area contributed by atoms with Gasteiger partial charge in [0.25, 0.3) is 0 Å². The molecule has 4 heteroatoms. The van der Waals surface area contributed by atoms with Crippen LogP contribution in [-0.4, -0.2) is 9.97 Å². The van der Waals surface area contributed by atoms with Crippen molar-refractivity contribution in [1.82, 2.24) is 9.97 Å². The Morgan fingerprint density at radius 1 is 1.46 bits per heavy atom. The highest BCUT2D eigenvalue weighted by molar-refractivity contribution is 6.28. The summed E-state index contributed by atoms with van der Waals surface area (Å²) in [5, 5.41) is 0.329. The highest BCUT2D eigenvalue weighted by Gasteiger charge is 2.46. The number of aromatic nitrogens is 2. The summed E-state index contributed by atoms with van der Waals surface area (Å²) in [6.45, 7) is 0.645. The van der Waals surface area contributed by atoms with Crippen LogP contribution in [0.5, 0.6) is 0 Å². The van der Waals surface area contributed by atoms with Crippen LogP contribution in [0.2, 0.25) is 5.28 Å². The van der Waals surface area contributed by atoms with Crippen molar-refractivity contribution in [1.29, 1.82) is 0 Å². The van der Waals surface area contributed by atoms with E-state index in [1.165, 1.54) is 6.42 Å². The fraction of sp³-hybridized carbons (Fsp3) is 0.556. The predicted octanol–water partition coefficient (Wildman–Crippen LogP) is 2.04. The van der Waals surface area contributed by atoms with Gasteiger partial charge in [0.1, 0.15) is 5.60 Å². The van der Waals surface area contributed by atoms with Crippen LogP contribution in [0.4, 0.5) is 0 Å². The summed E-state index contributed by atoms with van der Waals surface area (Å²) in [5.41, 5.74) is 2.03. The Kier molecular flexibility index (Phi) is 1.44. The summed E-state index contributed by atoms with van der Waals surface area (Å²) in [7, 11) is 0. The average Bonchev–Trinajstić information content (AvgIpc) is 2.41. The largest absolute Gasteiger partial charge is 0.364 e. The Morgan fingerprint density at radius 3 is 3.00 bits per heavy atom. The summed E-state index contributed by atoms with van der Waals surface area (Å²) >= 11 is 5.75. The van der Waals surface area contributed by atoms with E-state index in [1.807, 2.05) is 0 Å². The molecule has 1 aliphatic heterocycles. The van der Waals surface area contributed by atoms with Crippen LogP contribution in [0.3, 0.4) is 0 Å². The van der Waals surface area contributed by atoms with E-state index in [4.69, 9.17) is 16.3 Å². The number of hydrogen-bond acceptors (Lipinski definition) is 3. The molecule has 1 aromatic heterocycles. The van der Waals surface area contributed by atoms with Crippen molar-refractivity contribution in [3.8, 4) is 0 Å². The van der Waals surface area contributed by atoms with Gasteiger partial charge in [-0.15, -0.1) is 0 Å². The van der Waals surface area contributed by atoms with E-state index >= 15 is 0 Å². The molecule has 0 aromatic carbocycles. The second-order valence-corrected chi connectivity index (χ2v) is 3.99. The zero-order valence-electron chi connectivity index (χ0n) is 7.09. The third-order valence-electron chi connectivity index (χ3n) is 2.93. The third kappa shape index (κ3) is 0.944. The SMILES string of the molecule is Clc1ncc2c(n1)C1(CCC1)OC2. The first-order valence-electron chi connectivity index (χ1n) is 4.46. The summed E-state index contributed by atoms with van der Waals surface area (Å²) in [6.07, 6.45) is 5.15. The van der Waals surface area contributed by atoms with E-state index in [0.717, 1.165) is 24.1 Å². The average molecular weight is 197 g/mol. The Labute approximate surface area is 81.1 Å². The van der Waals surface area contributed by atoms with Crippen molar-refractivity contribution in [3.05, 3.63) is 22.7 Å². The number of rotatable bonds is 0. The van der Waals surface area contributed by atoms with E-state index in [9.17, 15) is 0 Å². The van der Waals surface area contributed by atoms with Gasteiger partial charge in [-0.05, 0) is 30.9 Å². The molecule has 13 heavy (non-hydrogen) atoms. The molecule has 3 rings (SSSR count). The minimum absolute atomic E-state index is 0.0953. The van der Waals surface area contributed by atoms with E-state index < -0.39 is 0 Å². The maximum absolute atomic E-state index is 5.75. The topological polar surface area (TPSA) is 35.0 Å². The molecule has 0 amide bonds. The molecule has 1 aromatic rings. The first kappa shape index (κ1) is 7.71. The molecule has 0 bridgehead atoms. The second kappa shape index (κ2) is 2.42. The number of hydrogen-bond donors (Lipinski definition) is 0. The molecule has 2 aliphatic rings. The van der Waals surface area contributed by atoms with Gasteiger partial charge >= 0.3 is 0 Å². The number of halogens is 1. The number of nitrogens with zero attached hydrogens (tertiary/aromatic N) is 2. The van der Waals surface area contributed by atoms with Crippen molar-refractivity contribution in [2.24, 2.45) is 0 Å².